The van der Waals surface area contributed by atoms with Gasteiger partial charge in [0.2, 0.25) is 11.1 Å². The number of nitrogen functional groups attached to an aromatic ring is 1. The topological polar surface area (TPSA) is 103 Å². The molecule has 0 aliphatic carbocycles. The van der Waals surface area contributed by atoms with Gasteiger partial charge in [-0.25, -0.2) is 0 Å². The Balaban J connectivity index is 1.65. The molecule has 3 N–H and O–H groups in total. The molecule has 0 fully saturated rings. The molecule has 2 aromatic carbocycles. The highest BCUT2D eigenvalue weighted by Gasteiger charge is 2.14. The first-order valence-electron chi connectivity index (χ1n) is 8.09. The second-order valence-electron chi connectivity index (χ2n) is 5.73. The summed E-state index contributed by atoms with van der Waals surface area (Å²) in [4.78, 5) is 24.5. The van der Waals surface area contributed by atoms with Crippen LogP contribution in [0, 0.1) is 0 Å². The summed E-state index contributed by atoms with van der Waals surface area (Å²) in [6.45, 7) is 0. The average molecular weight is 436 g/mol. The number of amides is 1. The number of carbonyl (C=O) groups excluding carboxylic acids is 1. The highest BCUT2D eigenvalue weighted by Crippen LogP contribution is 2.25. The fourth-order valence-electron chi connectivity index (χ4n) is 2.33. The number of hydrogen-bond donors (Lipinski definition) is 2. The van der Waals surface area contributed by atoms with E-state index in [1.54, 1.807) is 12.1 Å². The van der Waals surface area contributed by atoms with Crippen molar-refractivity contribution >= 4 is 46.6 Å². The number of thioether (sulfide) groups is 1. The quantitative estimate of drug-likeness (QED) is 0.455. The fraction of sp³-hybridized carbons (Fsp3) is 0.111. The second-order valence-corrected chi connectivity index (χ2v) is 7.51. The third kappa shape index (κ3) is 5.03. The molecule has 0 unspecified atom stereocenters. The van der Waals surface area contributed by atoms with Crippen LogP contribution < -0.4 is 16.7 Å². The Morgan fingerprint density at radius 2 is 1.89 bits per heavy atom. The molecule has 0 bridgehead atoms. The van der Waals surface area contributed by atoms with Gasteiger partial charge >= 0.3 is 0 Å². The predicted molar refractivity (Wildman–Crippen MR) is 112 cm³/mol. The molecule has 0 radical (unpaired) electrons. The predicted octanol–water partition coefficient (Wildman–Crippen LogP) is 2.98. The van der Waals surface area contributed by atoms with Crippen LogP contribution in [0.15, 0.2) is 58.5 Å². The molecule has 0 atom stereocenters. The average Bonchev–Trinajstić information content (AvgIpc) is 2.68. The highest BCUT2D eigenvalue weighted by atomic mass is 35.5. The normalized spacial score (nSPS) is 10.6. The molecule has 0 saturated carbocycles. The van der Waals surface area contributed by atoms with Crippen LogP contribution in [-0.4, -0.2) is 26.5 Å². The van der Waals surface area contributed by atoms with E-state index >= 15 is 0 Å². The Bertz CT molecular complexity index is 1060. The van der Waals surface area contributed by atoms with E-state index in [1.807, 2.05) is 30.3 Å². The number of aromatic nitrogens is 3. The number of nitrogens with one attached hydrogen (secondary N) is 1. The number of halogens is 2. The molecule has 0 spiro atoms. The molecule has 3 aromatic rings. The second kappa shape index (κ2) is 9.09. The summed E-state index contributed by atoms with van der Waals surface area (Å²) in [5.41, 5.74) is 1.14. The minimum Gasteiger partial charge on any atom is -0.334 e. The summed E-state index contributed by atoms with van der Waals surface area (Å²) in [6, 6.07) is 14.2. The minimum absolute atomic E-state index is 0.0255. The van der Waals surface area contributed by atoms with Crippen molar-refractivity contribution in [1.82, 2.24) is 14.9 Å². The van der Waals surface area contributed by atoms with Crippen LogP contribution in [0.1, 0.15) is 11.3 Å². The van der Waals surface area contributed by atoms with Crippen molar-refractivity contribution in [2.75, 3.05) is 16.9 Å². The van der Waals surface area contributed by atoms with Crippen molar-refractivity contribution < 1.29 is 4.79 Å². The van der Waals surface area contributed by atoms with Crippen LogP contribution in [-0.2, 0) is 11.2 Å². The maximum Gasteiger partial charge on any atom is 0.294 e. The van der Waals surface area contributed by atoms with E-state index in [4.69, 9.17) is 29.0 Å². The summed E-state index contributed by atoms with van der Waals surface area (Å²) in [5.74, 6) is 5.47. The lowest BCUT2D eigenvalue weighted by Crippen LogP contribution is -2.34. The zero-order valence-corrected chi connectivity index (χ0v) is 16.8. The third-order valence-corrected chi connectivity index (χ3v) is 5.17. The first-order valence-corrected chi connectivity index (χ1v) is 9.83. The van der Waals surface area contributed by atoms with Gasteiger partial charge in [0.15, 0.2) is 0 Å². The van der Waals surface area contributed by atoms with Crippen LogP contribution in [0.2, 0.25) is 10.0 Å². The van der Waals surface area contributed by atoms with Gasteiger partial charge in [-0.1, -0.05) is 65.3 Å². The molecule has 28 heavy (non-hydrogen) atoms. The smallest absolute Gasteiger partial charge is 0.294 e. The zero-order valence-electron chi connectivity index (χ0n) is 14.4. The lowest BCUT2D eigenvalue weighted by atomic mass is 10.1. The molecular formula is C18H15Cl2N5O2S. The Morgan fingerprint density at radius 1 is 1.14 bits per heavy atom. The Morgan fingerprint density at radius 3 is 2.61 bits per heavy atom. The molecule has 3 rings (SSSR count). The Kier molecular flexibility index (Phi) is 6.56. The Hall–Kier alpha value is -2.55. The molecule has 0 aliphatic heterocycles. The molecule has 0 saturated heterocycles. The van der Waals surface area contributed by atoms with Crippen molar-refractivity contribution in [2.45, 2.75) is 11.6 Å². The fourth-order valence-corrected chi connectivity index (χ4v) is 3.43. The van der Waals surface area contributed by atoms with Crippen LogP contribution in [0.25, 0.3) is 0 Å². The highest BCUT2D eigenvalue weighted by molar-refractivity contribution is 7.99. The van der Waals surface area contributed by atoms with E-state index in [-0.39, 0.29) is 22.5 Å². The van der Waals surface area contributed by atoms with Gasteiger partial charge in [-0.05, 0) is 23.8 Å². The summed E-state index contributed by atoms with van der Waals surface area (Å²) >= 11 is 12.9. The number of nitrogens with zero attached hydrogens (tertiary/aromatic N) is 3. The standard InChI is InChI=1S/C18H15Cl2N5O2S/c19-12-6-7-14(13(20)9-12)22-16(26)10-28-18-24-23-15(17(27)25(18)21)8-11-4-2-1-3-5-11/h1-7,9H,8,10,21H2,(H,22,26). The summed E-state index contributed by atoms with van der Waals surface area (Å²) in [5, 5.41) is 11.5. The van der Waals surface area contributed by atoms with E-state index in [0.29, 0.717) is 22.2 Å². The van der Waals surface area contributed by atoms with Gasteiger partial charge in [-0.3, -0.25) is 9.59 Å². The first-order chi connectivity index (χ1) is 13.4. The SMILES string of the molecule is Nn1c(SCC(=O)Nc2ccc(Cl)cc2Cl)nnc(Cc2ccccc2)c1=O. The number of nitrogens with two attached hydrogens (primary N) is 1. The maximum absolute atomic E-state index is 12.4. The van der Waals surface area contributed by atoms with E-state index in [0.717, 1.165) is 22.0 Å². The van der Waals surface area contributed by atoms with E-state index < -0.39 is 5.56 Å². The summed E-state index contributed by atoms with van der Waals surface area (Å²) < 4.78 is 0.901. The van der Waals surface area contributed by atoms with Gasteiger partial charge in [-0.15, -0.1) is 10.2 Å². The third-order valence-electron chi connectivity index (χ3n) is 3.68. The van der Waals surface area contributed by atoms with Gasteiger partial charge in [0.1, 0.15) is 5.69 Å². The van der Waals surface area contributed by atoms with Crippen LogP contribution in [0.3, 0.4) is 0 Å². The number of rotatable bonds is 6. The molecule has 7 nitrogen and oxygen atoms in total. The van der Waals surface area contributed by atoms with Gasteiger partial charge in [0.25, 0.3) is 5.56 Å². The van der Waals surface area contributed by atoms with Gasteiger partial charge in [-0.2, -0.15) is 4.68 Å². The molecule has 1 amide bonds. The largest absolute Gasteiger partial charge is 0.334 e. The van der Waals surface area contributed by atoms with Crippen molar-refractivity contribution in [2.24, 2.45) is 0 Å². The van der Waals surface area contributed by atoms with E-state index in [1.165, 1.54) is 6.07 Å². The molecule has 1 aromatic heterocycles. The number of benzene rings is 2. The van der Waals surface area contributed by atoms with Crippen LogP contribution in [0.5, 0.6) is 0 Å². The van der Waals surface area contributed by atoms with E-state index in [9.17, 15) is 9.59 Å². The van der Waals surface area contributed by atoms with Crippen LogP contribution >= 0.6 is 35.0 Å². The first kappa shape index (κ1) is 20.2. The number of hydrogen-bond acceptors (Lipinski definition) is 6. The van der Waals surface area contributed by atoms with Crippen molar-refractivity contribution in [1.29, 1.82) is 0 Å². The number of carbonyl (C=O) groups is 1. The van der Waals surface area contributed by atoms with Crippen molar-refractivity contribution in [3.63, 3.8) is 0 Å². The van der Waals surface area contributed by atoms with Crippen LogP contribution in [0.4, 0.5) is 5.69 Å². The van der Waals surface area contributed by atoms with Crippen molar-refractivity contribution in [3.05, 3.63) is 80.2 Å². The lowest BCUT2D eigenvalue weighted by Gasteiger charge is -2.09. The van der Waals surface area contributed by atoms with Crippen molar-refractivity contribution in [3.8, 4) is 0 Å². The lowest BCUT2D eigenvalue weighted by molar-refractivity contribution is -0.113. The monoisotopic (exact) mass is 435 g/mol. The zero-order chi connectivity index (χ0) is 20.1. The summed E-state index contributed by atoms with van der Waals surface area (Å²) in [6.07, 6.45) is 0.324. The number of anilines is 1. The molecule has 144 valence electrons. The summed E-state index contributed by atoms with van der Waals surface area (Å²) in [7, 11) is 0. The van der Waals surface area contributed by atoms with E-state index in [2.05, 4.69) is 15.5 Å². The van der Waals surface area contributed by atoms with Gasteiger partial charge in [0, 0.05) is 11.4 Å². The Labute approximate surface area is 174 Å². The van der Waals surface area contributed by atoms with Gasteiger partial charge < -0.3 is 11.2 Å². The maximum atomic E-state index is 12.4. The molecular weight excluding hydrogens is 421 g/mol. The molecule has 0 aliphatic rings. The van der Waals surface area contributed by atoms with Gasteiger partial charge in [0.05, 0.1) is 16.5 Å². The minimum atomic E-state index is -0.456. The molecule has 1 heterocycles. The molecule has 10 heteroatoms.